The molecule has 0 aliphatic carbocycles. The van der Waals surface area contributed by atoms with Crippen molar-refractivity contribution in [3.8, 4) is 0 Å². The number of hydrogen-bond donors (Lipinski definition) is 0. The molecule has 7 heteroatoms. The van der Waals surface area contributed by atoms with E-state index >= 15 is 0 Å². The fourth-order valence-electron chi connectivity index (χ4n) is 0.422. The molecule has 0 aromatic carbocycles. The monoisotopic (exact) mass is 236 g/mol. The summed E-state index contributed by atoms with van der Waals surface area (Å²) in [4.78, 5) is 0. The number of rotatable bonds is 0. The van der Waals surface area contributed by atoms with E-state index in [2.05, 4.69) is 24.5 Å². The van der Waals surface area contributed by atoms with Crippen molar-refractivity contribution in [1.82, 2.24) is 0 Å². The fourth-order valence-corrected chi connectivity index (χ4v) is 1.80. The smallest absolute Gasteiger partial charge is 0.294 e. The molecular formula is C3H4BrF2O3P. The van der Waals surface area contributed by atoms with Crippen LogP contribution in [0.4, 0.5) is 8.78 Å². The largest absolute Gasteiger partial charge is 0.396 e. The van der Waals surface area contributed by atoms with Gasteiger partial charge in [-0.2, -0.15) is 0 Å². The standard InChI is InChI=1S/C3H4BrF2O3P/c4-10(7)8-1-3(5,6)2-9-10/h1-2H2. The molecule has 0 saturated carbocycles. The van der Waals surface area contributed by atoms with Gasteiger partial charge in [-0.25, -0.2) is 13.3 Å². The summed E-state index contributed by atoms with van der Waals surface area (Å²) in [6.45, 7) is -1.70. The highest BCUT2D eigenvalue weighted by atomic mass is 79.9. The lowest BCUT2D eigenvalue weighted by Gasteiger charge is -2.24. The summed E-state index contributed by atoms with van der Waals surface area (Å²) in [6, 6.07) is 0. The molecule has 0 N–H and O–H groups in total. The van der Waals surface area contributed by atoms with Gasteiger partial charge < -0.3 is 0 Å². The van der Waals surface area contributed by atoms with Gasteiger partial charge in [0, 0.05) is 15.5 Å². The van der Waals surface area contributed by atoms with Crippen LogP contribution in [0.3, 0.4) is 0 Å². The highest BCUT2D eigenvalue weighted by Crippen LogP contribution is 2.59. The van der Waals surface area contributed by atoms with Crippen molar-refractivity contribution < 1.29 is 22.4 Å². The van der Waals surface area contributed by atoms with E-state index in [4.69, 9.17) is 0 Å². The Kier molecular flexibility index (Phi) is 2.16. The van der Waals surface area contributed by atoms with Gasteiger partial charge in [0.25, 0.3) is 5.92 Å². The van der Waals surface area contributed by atoms with E-state index in [0.717, 1.165) is 0 Å². The van der Waals surface area contributed by atoms with E-state index in [1.165, 1.54) is 0 Å². The Balaban J connectivity index is 2.54. The second kappa shape index (κ2) is 2.52. The lowest BCUT2D eigenvalue weighted by Crippen LogP contribution is -2.32. The number of alkyl halides is 2. The molecule has 0 bridgehead atoms. The molecule has 1 aliphatic heterocycles. The molecule has 0 unspecified atom stereocenters. The molecule has 3 nitrogen and oxygen atoms in total. The summed E-state index contributed by atoms with van der Waals surface area (Å²) in [5.74, 6) is -3.01. The highest BCUT2D eigenvalue weighted by molar-refractivity contribution is 9.39. The van der Waals surface area contributed by atoms with Crippen LogP contribution in [-0.2, 0) is 13.6 Å². The zero-order valence-electron chi connectivity index (χ0n) is 4.72. The third-order valence-corrected chi connectivity index (χ3v) is 2.96. The molecule has 1 aliphatic rings. The molecule has 0 aromatic heterocycles. The first-order valence-electron chi connectivity index (χ1n) is 2.38. The summed E-state index contributed by atoms with van der Waals surface area (Å²) in [5, 5.41) is 0. The molecule has 1 heterocycles. The van der Waals surface area contributed by atoms with Gasteiger partial charge in [-0.1, -0.05) is 0 Å². The topological polar surface area (TPSA) is 35.5 Å². The number of halogens is 3. The summed E-state index contributed by atoms with van der Waals surface area (Å²) in [6.07, 6.45) is -3.33. The molecule has 0 amide bonds. The van der Waals surface area contributed by atoms with E-state index < -0.39 is 25.4 Å². The van der Waals surface area contributed by atoms with Gasteiger partial charge in [0.05, 0.1) is 0 Å². The average Bonchev–Trinajstić information content (AvgIpc) is 1.79. The number of hydrogen-bond acceptors (Lipinski definition) is 3. The summed E-state index contributed by atoms with van der Waals surface area (Å²) in [5.41, 5.74) is 0. The lowest BCUT2D eigenvalue weighted by atomic mass is 10.4. The molecular weight excluding hydrogens is 233 g/mol. The van der Waals surface area contributed by atoms with Crippen molar-refractivity contribution in [2.24, 2.45) is 0 Å². The second-order valence-electron chi connectivity index (χ2n) is 1.83. The second-order valence-corrected chi connectivity index (χ2v) is 5.82. The van der Waals surface area contributed by atoms with Crippen molar-refractivity contribution in [3.63, 3.8) is 0 Å². The first-order valence-corrected chi connectivity index (χ1v) is 5.94. The molecule has 0 spiro atoms. The Bertz CT molecular complexity index is 171. The normalized spacial score (nSPS) is 29.9. The van der Waals surface area contributed by atoms with Crippen molar-refractivity contribution in [3.05, 3.63) is 0 Å². The first-order chi connectivity index (χ1) is 4.41. The third kappa shape index (κ3) is 2.27. The van der Waals surface area contributed by atoms with Gasteiger partial charge in [-0.15, -0.1) is 0 Å². The SMILES string of the molecule is O=P1(Br)OCC(F)(F)CO1. The van der Waals surface area contributed by atoms with Crippen LogP contribution < -0.4 is 0 Å². The van der Waals surface area contributed by atoms with Crippen LogP contribution in [0, 0.1) is 0 Å². The Morgan fingerprint density at radius 3 is 2.10 bits per heavy atom. The van der Waals surface area contributed by atoms with E-state index in [0.29, 0.717) is 0 Å². The van der Waals surface area contributed by atoms with Crippen LogP contribution in [0.5, 0.6) is 0 Å². The Hall–Kier alpha value is 0.490. The molecule has 1 fully saturated rings. The highest BCUT2D eigenvalue weighted by Gasteiger charge is 2.41. The van der Waals surface area contributed by atoms with E-state index in [-0.39, 0.29) is 0 Å². The zero-order chi connectivity index (χ0) is 7.83. The quantitative estimate of drug-likeness (QED) is 0.605. The van der Waals surface area contributed by atoms with Crippen LogP contribution in [-0.4, -0.2) is 19.1 Å². The maximum atomic E-state index is 12.2. The maximum absolute atomic E-state index is 12.2. The Labute approximate surface area is 64.0 Å². The Morgan fingerprint density at radius 2 is 1.80 bits per heavy atom. The summed E-state index contributed by atoms with van der Waals surface area (Å²) in [7, 11) is 0. The van der Waals surface area contributed by atoms with Gasteiger partial charge in [0.15, 0.2) is 0 Å². The molecule has 10 heavy (non-hydrogen) atoms. The molecule has 0 atom stereocenters. The minimum atomic E-state index is -3.33. The maximum Gasteiger partial charge on any atom is 0.396 e. The minimum Gasteiger partial charge on any atom is -0.294 e. The van der Waals surface area contributed by atoms with Crippen molar-refractivity contribution in [1.29, 1.82) is 0 Å². The molecule has 0 aromatic rings. The van der Waals surface area contributed by atoms with Gasteiger partial charge >= 0.3 is 6.30 Å². The minimum absolute atomic E-state index is 0.852. The van der Waals surface area contributed by atoms with E-state index in [9.17, 15) is 13.3 Å². The average molecular weight is 237 g/mol. The fraction of sp³-hybridized carbons (Fsp3) is 1.00. The third-order valence-electron chi connectivity index (χ3n) is 0.860. The summed E-state index contributed by atoms with van der Waals surface area (Å²) >= 11 is 2.52. The molecule has 60 valence electrons. The van der Waals surface area contributed by atoms with E-state index in [1.54, 1.807) is 0 Å². The lowest BCUT2D eigenvalue weighted by molar-refractivity contribution is -0.0995. The first kappa shape index (κ1) is 8.59. The van der Waals surface area contributed by atoms with Crippen LogP contribution in [0.15, 0.2) is 0 Å². The van der Waals surface area contributed by atoms with Gasteiger partial charge in [0.2, 0.25) is 0 Å². The molecule has 0 radical (unpaired) electrons. The van der Waals surface area contributed by atoms with Gasteiger partial charge in [0.1, 0.15) is 13.2 Å². The predicted molar refractivity (Wildman–Crippen MR) is 33.4 cm³/mol. The van der Waals surface area contributed by atoms with Crippen LogP contribution in [0.1, 0.15) is 0 Å². The van der Waals surface area contributed by atoms with Crippen LogP contribution in [0.25, 0.3) is 0 Å². The van der Waals surface area contributed by atoms with Gasteiger partial charge in [-0.3, -0.25) is 9.05 Å². The summed E-state index contributed by atoms with van der Waals surface area (Å²) < 4.78 is 43.3. The van der Waals surface area contributed by atoms with Crippen molar-refractivity contribution >= 4 is 21.8 Å². The van der Waals surface area contributed by atoms with Crippen molar-refractivity contribution in [2.75, 3.05) is 13.2 Å². The zero-order valence-corrected chi connectivity index (χ0v) is 7.20. The Morgan fingerprint density at radius 1 is 1.40 bits per heavy atom. The van der Waals surface area contributed by atoms with Crippen LogP contribution in [0.2, 0.25) is 0 Å². The van der Waals surface area contributed by atoms with Gasteiger partial charge in [-0.05, 0) is 0 Å². The van der Waals surface area contributed by atoms with E-state index in [1.807, 2.05) is 0 Å². The molecule has 1 saturated heterocycles. The van der Waals surface area contributed by atoms with Crippen LogP contribution >= 0.6 is 21.8 Å². The van der Waals surface area contributed by atoms with Crippen molar-refractivity contribution in [2.45, 2.75) is 5.92 Å². The predicted octanol–water partition coefficient (Wildman–Crippen LogP) is 2.17. The molecule has 1 rings (SSSR count).